The van der Waals surface area contributed by atoms with E-state index >= 15 is 0 Å². The maximum Gasteiger partial charge on any atom is 0.404 e. The third-order valence-electron chi connectivity index (χ3n) is 1.34. The van der Waals surface area contributed by atoms with E-state index in [-0.39, 0.29) is 0 Å². The molecule has 0 aromatic rings. The number of carboxylic acids is 2. The molecule has 0 aliphatic heterocycles. The molecule has 0 saturated heterocycles. The summed E-state index contributed by atoms with van der Waals surface area (Å²) in [7, 11) is 0. The molecule has 0 rings (SSSR count). The second-order valence-electron chi connectivity index (χ2n) is 2.52. The molecule has 1 unspecified atom stereocenters. The number of carboxylic acid groups (broad SMARTS) is 2. The minimum absolute atomic E-state index is 0.565. The topological polar surface area (TPSA) is 104 Å². The molecule has 0 aliphatic rings. The Kier molecular flexibility index (Phi) is 3.30. The van der Waals surface area contributed by atoms with Gasteiger partial charge in [-0.3, -0.25) is 4.79 Å². The van der Waals surface area contributed by atoms with Gasteiger partial charge in [0.15, 0.2) is 0 Å². The SMILES string of the molecule is CC(=O)NC(F)(C(=O)O)C(F)(F)C(=O)O. The zero-order chi connectivity index (χ0) is 12.4. The quantitative estimate of drug-likeness (QED) is 0.568. The summed E-state index contributed by atoms with van der Waals surface area (Å²) in [4.78, 5) is 30.4. The van der Waals surface area contributed by atoms with Crippen molar-refractivity contribution in [2.24, 2.45) is 0 Å². The molecule has 1 amide bonds. The van der Waals surface area contributed by atoms with Crippen LogP contribution in [0.1, 0.15) is 6.92 Å². The van der Waals surface area contributed by atoms with Gasteiger partial charge in [0.2, 0.25) is 5.91 Å². The number of amides is 1. The maximum absolute atomic E-state index is 13.1. The molecule has 3 N–H and O–H groups in total. The molecule has 0 saturated carbocycles. The third kappa shape index (κ3) is 2.17. The normalized spacial score (nSPS) is 15.2. The predicted octanol–water partition coefficient (Wildman–Crippen LogP) is -0.407. The summed E-state index contributed by atoms with van der Waals surface area (Å²) in [5.74, 6) is -17.2. The average molecular weight is 229 g/mol. The summed E-state index contributed by atoms with van der Waals surface area (Å²) in [5, 5.41) is 16.8. The van der Waals surface area contributed by atoms with Gasteiger partial charge < -0.3 is 15.5 Å². The fraction of sp³-hybridized carbons (Fsp3) is 0.500. The maximum atomic E-state index is 13.1. The van der Waals surface area contributed by atoms with Crippen LogP contribution in [0.2, 0.25) is 0 Å². The summed E-state index contributed by atoms with van der Waals surface area (Å²) in [6.45, 7) is 0.565. The number of carbonyl (C=O) groups excluding carboxylic acids is 1. The summed E-state index contributed by atoms with van der Waals surface area (Å²) in [6, 6.07) is 0. The molecule has 0 radical (unpaired) electrons. The molecule has 0 spiro atoms. The van der Waals surface area contributed by atoms with E-state index in [9.17, 15) is 27.6 Å². The summed E-state index contributed by atoms with van der Waals surface area (Å²) >= 11 is 0. The van der Waals surface area contributed by atoms with Gasteiger partial charge in [0.25, 0.3) is 0 Å². The van der Waals surface area contributed by atoms with Gasteiger partial charge in [-0.1, -0.05) is 0 Å². The van der Waals surface area contributed by atoms with Gasteiger partial charge in [0, 0.05) is 6.92 Å². The highest BCUT2D eigenvalue weighted by Gasteiger charge is 2.67. The number of nitrogens with one attached hydrogen (secondary N) is 1. The van der Waals surface area contributed by atoms with Gasteiger partial charge >= 0.3 is 23.7 Å². The number of alkyl halides is 3. The minimum Gasteiger partial charge on any atom is -0.477 e. The van der Waals surface area contributed by atoms with Crippen molar-refractivity contribution in [1.29, 1.82) is 0 Å². The van der Waals surface area contributed by atoms with Crippen molar-refractivity contribution >= 4 is 17.8 Å². The average Bonchev–Trinajstić information content (AvgIpc) is 2.01. The molecule has 86 valence electrons. The molecular weight excluding hydrogens is 223 g/mol. The molecule has 1 atom stereocenters. The van der Waals surface area contributed by atoms with Crippen molar-refractivity contribution in [2.45, 2.75) is 18.6 Å². The second-order valence-corrected chi connectivity index (χ2v) is 2.52. The second kappa shape index (κ2) is 3.75. The lowest BCUT2D eigenvalue weighted by Gasteiger charge is -2.26. The molecule has 9 heteroatoms. The van der Waals surface area contributed by atoms with Crippen LogP contribution in [0.15, 0.2) is 0 Å². The molecule has 0 bridgehead atoms. The van der Waals surface area contributed by atoms with Crippen LogP contribution in [0.3, 0.4) is 0 Å². The molecule has 0 heterocycles. The minimum atomic E-state index is -5.27. The highest BCUT2D eigenvalue weighted by Crippen LogP contribution is 2.31. The largest absolute Gasteiger partial charge is 0.477 e. The first-order valence-electron chi connectivity index (χ1n) is 3.38. The molecule has 15 heavy (non-hydrogen) atoms. The van der Waals surface area contributed by atoms with Gasteiger partial charge in [0.1, 0.15) is 0 Å². The standard InChI is InChI=1S/C6H6F3NO5/c1-2(11)10-6(9,4(14)15)5(7,8)3(12)13/h1H3,(H,10,11)(H,12,13)(H,14,15). The van der Waals surface area contributed by atoms with E-state index in [4.69, 9.17) is 10.2 Å². The third-order valence-corrected chi connectivity index (χ3v) is 1.34. The summed E-state index contributed by atoms with van der Waals surface area (Å²) in [5.41, 5.74) is 0. The Morgan fingerprint density at radius 2 is 1.47 bits per heavy atom. The lowest BCUT2D eigenvalue weighted by molar-refractivity contribution is -0.209. The summed E-state index contributed by atoms with van der Waals surface area (Å²) < 4.78 is 38.4. The van der Waals surface area contributed by atoms with Gasteiger partial charge in [-0.25, -0.2) is 9.59 Å². The van der Waals surface area contributed by atoms with Crippen LogP contribution in [0.5, 0.6) is 0 Å². The van der Waals surface area contributed by atoms with E-state index in [2.05, 4.69) is 0 Å². The Bertz CT molecular complexity index is 318. The van der Waals surface area contributed by atoms with E-state index < -0.39 is 29.6 Å². The Labute approximate surface area is 80.7 Å². The molecule has 6 nitrogen and oxygen atoms in total. The number of hydrogen-bond donors (Lipinski definition) is 3. The van der Waals surface area contributed by atoms with Crippen molar-refractivity contribution in [3.8, 4) is 0 Å². The number of rotatable bonds is 4. The van der Waals surface area contributed by atoms with Crippen LogP contribution in [0.4, 0.5) is 13.2 Å². The van der Waals surface area contributed by atoms with Crippen molar-refractivity contribution in [3.05, 3.63) is 0 Å². The molecule has 0 fully saturated rings. The first-order chi connectivity index (χ1) is 6.55. The number of hydrogen-bond acceptors (Lipinski definition) is 3. The number of carbonyl (C=O) groups is 3. The first-order valence-corrected chi connectivity index (χ1v) is 3.38. The van der Waals surface area contributed by atoms with E-state index in [0.717, 1.165) is 5.32 Å². The van der Waals surface area contributed by atoms with Crippen molar-refractivity contribution in [3.63, 3.8) is 0 Å². The Hall–Kier alpha value is -1.80. The number of halogens is 3. The van der Waals surface area contributed by atoms with Crippen LogP contribution in [0.25, 0.3) is 0 Å². The predicted molar refractivity (Wildman–Crippen MR) is 37.9 cm³/mol. The molecule has 0 aliphatic carbocycles. The Balaban J connectivity index is 5.38. The van der Waals surface area contributed by atoms with Crippen molar-refractivity contribution < 1.29 is 37.8 Å². The van der Waals surface area contributed by atoms with E-state index in [0.29, 0.717) is 6.92 Å². The monoisotopic (exact) mass is 229 g/mol. The van der Waals surface area contributed by atoms with Crippen LogP contribution < -0.4 is 5.32 Å². The van der Waals surface area contributed by atoms with Crippen molar-refractivity contribution in [1.82, 2.24) is 5.32 Å². The Morgan fingerprint density at radius 1 is 1.07 bits per heavy atom. The van der Waals surface area contributed by atoms with Crippen molar-refractivity contribution in [2.75, 3.05) is 0 Å². The highest BCUT2D eigenvalue weighted by atomic mass is 19.3. The van der Waals surface area contributed by atoms with Crippen LogP contribution in [0, 0.1) is 0 Å². The Morgan fingerprint density at radius 3 is 1.67 bits per heavy atom. The van der Waals surface area contributed by atoms with E-state index in [1.54, 1.807) is 0 Å². The lowest BCUT2D eigenvalue weighted by atomic mass is 10.1. The molecular formula is C6H6F3NO5. The number of aliphatic carboxylic acids is 2. The fourth-order valence-electron chi connectivity index (χ4n) is 0.656. The van der Waals surface area contributed by atoms with Crippen LogP contribution >= 0.6 is 0 Å². The highest BCUT2D eigenvalue weighted by molar-refractivity contribution is 5.92. The zero-order valence-corrected chi connectivity index (χ0v) is 7.25. The van der Waals surface area contributed by atoms with Gasteiger partial charge in [-0.2, -0.15) is 13.2 Å². The smallest absolute Gasteiger partial charge is 0.404 e. The summed E-state index contributed by atoms with van der Waals surface area (Å²) in [6.07, 6.45) is 0. The zero-order valence-electron chi connectivity index (χ0n) is 7.25. The fourth-order valence-corrected chi connectivity index (χ4v) is 0.656. The molecule has 0 aromatic heterocycles. The lowest BCUT2D eigenvalue weighted by Crippen LogP contribution is -2.65. The van der Waals surface area contributed by atoms with Gasteiger partial charge in [-0.15, -0.1) is 0 Å². The first kappa shape index (κ1) is 13.2. The van der Waals surface area contributed by atoms with E-state index in [1.165, 1.54) is 0 Å². The van der Waals surface area contributed by atoms with Gasteiger partial charge in [-0.05, 0) is 0 Å². The van der Waals surface area contributed by atoms with Crippen LogP contribution in [-0.4, -0.2) is 39.8 Å². The van der Waals surface area contributed by atoms with Crippen LogP contribution in [-0.2, 0) is 14.4 Å². The van der Waals surface area contributed by atoms with Gasteiger partial charge in [0.05, 0.1) is 0 Å². The van der Waals surface area contributed by atoms with E-state index in [1.807, 2.05) is 0 Å². The molecule has 0 aromatic carbocycles.